The summed E-state index contributed by atoms with van der Waals surface area (Å²) in [5, 5.41) is 0.598. The number of halogens is 1. The van der Waals surface area contributed by atoms with Gasteiger partial charge in [0.15, 0.2) is 6.29 Å². The summed E-state index contributed by atoms with van der Waals surface area (Å²) in [6.07, 6.45) is 0.607. The van der Waals surface area contributed by atoms with Crippen molar-refractivity contribution in [1.82, 2.24) is 0 Å². The van der Waals surface area contributed by atoms with Gasteiger partial charge in [-0.3, -0.25) is 4.79 Å². The Bertz CT molecular complexity index is 304. The lowest BCUT2D eigenvalue weighted by Gasteiger charge is -2.24. The second-order valence-corrected chi connectivity index (χ2v) is 3.14. The zero-order valence-corrected chi connectivity index (χ0v) is 8.75. The monoisotopic (exact) mass is 214 g/mol. The van der Waals surface area contributed by atoms with Crippen LogP contribution in [0, 0.1) is 0 Å². The first-order valence-electron chi connectivity index (χ1n) is 4.01. The highest BCUT2D eigenvalue weighted by Gasteiger charge is 2.31. The smallest absolute Gasteiger partial charge is 0.252 e. The van der Waals surface area contributed by atoms with Crippen LogP contribution in [0.1, 0.15) is 5.56 Å². The summed E-state index contributed by atoms with van der Waals surface area (Å²) < 4.78 is 10.1. The Balaban J connectivity index is 3.11. The van der Waals surface area contributed by atoms with E-state index in [-0.39, 0.29) is 0 Å². The maximum absolute atomic E-state index is 10.9. The van der Waals surface area contributed by atoms with Crippen molar-refractivity contribution in [2.24, 2.45) is 0 Å². The van der Waals surface area contributed by atoms with E-state index in [0.29, 0.717) is 16.9 Å². The van der Waals surface area contributed by atoms with Gasteiger partial charge in [-0.05, 0) is 12.1 Å². The number of rotatable bonds is 4. The van der Waals surface area contributed by atoms with Crippen LogP contribution in [0.3, 0.4) is 0 Å². The Morgan fingerprint density at radius 1 is 1.21 bits per heavy atom. The first-order valence-corrected chi connectivity index (χ1v) is 4.39. The molecule has 0 aliphatic rings. The van der Waals surface area contributed by atoms with Crippen molar-refractivity contribution < 1.29 is 14.3 Å². The molecule has 1 aromatic rings. The van der Waals surface area contributed by atoms with E-state index in [2.05, 4.69) is 0 Å². The average Bonchev–Trinajstić information content (AvgIpc) is 2.24. The molecule has 0 aliphatic heterocycles. The van der Waals surface area contributed by atoms with Gasteiger partial charge in [-0.15, -0.1) is 0 Å². The molecule has 0 atom stereocenters. The van der Waals surface area contributed by atoms with Crippen molar-refractivity contribution in [2.75, 3.05) is 14.2 Å². The van der Waals surface area contributed by atoms with Gasteiger partial charge in [0, 0.05) is 24.8 Å². The molecular weight excluding hydrogens is 204 g/mol. The molecule has 0 aromatic heterocycles. The summed E-state index contributed by atoms with van der Waals surface area (Å²) >= 11 is 5.72. The molecule has 0 unspecified atom stereocenters. The first kappa shape index (κ1) is 11.2. The largest absolute Gasteiger partial charge is 0.344 e. The van der Waals surface area contributed by atoms with E-state index in [0.717, 1.165) is 0 Å². The number of hydrogen-bond donors (Lipinski definition) is 0. The maximum Gasteiger partial charge on any atom is 0.252 e. The predicted octanol–water partition coefficient (Wildman–Crippen LogP) is 1.98. The summed E-state index contributed by atoms with van der Waals surface area (Å²) in [7, 11) is 2.82. The highest BCUT2D eigenvalue weighted by Crippen LogP contribution is 2.24. The first-order chi connectivity index (χ1) is 6.68. The van der Waals surface area contributed by atoms with Gasteiger partial charge in [-0.1, -0.05) is 23.7 Å². The van der Waals surface area contributed by atoms with Gasteiger partial charge < -0.3 is 9.47 Å². The van der Waals surface area contributed by atoms with Crippen LogP contribution in [0.15, 0.2) is 24.3 Å². The number of carbonyl (C=O) groups excluding carboxylic acids is 1. The molecule has 0 N–H and O–H groups in total. The van der Waals surface area contributed by atoms with E-state index in [1.807, 2.05) is 0 Å². The minimum atomic E-state index is -1.33. The minimum absolute atomic E-state index is 0.598. The predicted molar refractivity (Wildman–Crippen MR) is 53.2 cm³/mol. The molecule has 76 valence electrons. The molecule has 0 amide bonds. The normalized spacial score (nSPS) is 11.4. The second-order valence-electron chi connectivity index (χ2n) is 2.70. The SMILES string of the molecule is COC(C=O)(OC)c1ccc(Cl)cc1. The summed E-state index contributed by atoms with van der Waals surface area (Å²) in [6, 6.07) is 6.72. The van der Waals surface area contributed by atoms with Gasteiger partial charge in [0.2, 0.25) is 0 Å². The van der Waals surface area contributed by atoms with Crippen LogP contribution in [0.25, 0.3) is 0 Å². The van der Waals surface area contributed by atoms with Crippen LogP contribution in [-0.4, -0.2) is 20.5 Å². The van der Waals surface area contributed by atoms with Crippen LogP contribution in [0.4, 0.5) is 0 Å². The number of hydrogen-bond acceptors (Lipinski definition) is 3. The third-order valence-electron chi connectivity index (χ3n) is 2.01. The molecule has 3 nitrogen and oxygen atoms in total. The standard InChI is InChI=1S/C10H11ClO3/c1-13-10(7-12,14-2)8-3-5-9(11)6-4-8/h3-7H,1-2H3. The summed E-state index contributed by atoms with van der Waals surface area (Å²) in [4.78, 5) is 10.9. The third kappa shape index (κ3) is 1.95. The van der Waals surface area contributed by atoms with Crippen LogP contribution in [0.5, 0.6) is 0 Å². The number of ether oxygens (including phenoxy) is 2. The fraction of sp³-hybridized carbons (Fsp3) is 0.300. The molecule has 0 spiro atoms. The van der Waals surface area contributed by atoms with Gasteiger partial charge in [0.25, 0.3) is 5.79 Å². The summed E-state index contributed by atoms with van der Waals surface area (Å²) in [5.74, 6) is -1.33. The summed E-state index contributed by atoms with van der Waals surface area (Å²) in [6.45, 7) is 0. The molecule has 0 saturated carbocycles. The number of carbonyl (C=O) groups is 1. The molecule has 0 heterocycles. The molecular formula is C10H11ClO3. The Kier molecular flexibility index (Phi) is 3.63. The van der Waals surface area contributed by atoms with E-state index >= 15 is 0 Å². The van der Waals surface area contributed by atoms with Crippen LogP contribution in [-0.2, 0) is 20.1 Å². The van der Waals surface area contributed by atoms with Crippen molar-refractivity contribution in [3.63, 3.8) is 0 Å². The van der Waals surface area contributed by atoms with Gasteiger partial charge in [-0.25, -0.2) is 0 Å². The van der Waals surface area contributed by atoms with E-state index in [4.69, 9.17) is 21.1 Å². The minimum Gasteiger partial charge on any atom is -0.344 e. The molecule has 0 radical (unpaired) electrons. The Hall–Kier alpha value is -0.900. The van der Waals surface area contributed by atoms with Crippen molar-refractivity contribution in [3.8, 4) is 0 Å². The fourth-order valence-corrected chi connectivity index (χ4v) is 1.29. The Morgan fingerprint density at radius 3 is 2.07 bits per heavy atom. The number of benzene rings is 1. The van der Waals surface area contributed by atoms with Crippen LogP contribution >= 0.6 is 11.6 Å². The lowest BCUT2D eigenvalue weighted by molar-refractivity contribution is -0.201. The van der Waals surface area contributed by atoms with E-state index in [9.17, 15) is 4.79 Å². The maximum atomic E-state index is 10.9. The zero-order valence-electron chi connectivity index (χ0n) is 7.99. The number of aldehydes is 1. The quantitative estimate of drug-likeness (QED) is 0.568. The van der Waals surface area contributed by atoms with Crippen LogP contribution < -0.4 is 0 Å². The van der Waals surface area contributed by atoms with E-state index in [1.54, 1.807) is 24.3 Å². The Labute approximate surface area is 87.6 Å². The number of methoxy groups -OCH3 is 2. The van der Waals surface area contributed by atoms with Gasteiger partial charge >= 0.3 is 0 Å². The third-order valence-corrected chi connectivity index (χ3v) is 2.26. The van der Waals surface area contributed by atoms with E-state index < -0.39 is 5.79 Å². The highest BCUT2D eigenvalue weighted by atomic mass is 35.5. The molecule has 1 aromatic carbocycles. The molecule has 0 bridgehead atoms. The molecule has 4 heteroatoms. The van der Waals surface area contributed by atoms with Crippen molar-refractivity contribution >= 4 is 17.9 Å². The Morgan fingerprint density at radius 2 is 1.71 bits per heavy atom. The molecule has 14 heavy (non-hydrogen) atoms. The topological polar surface area (TPSA) is 35.5 Å². The van der Waals surface area contributed by atoms with Gasteiger partial charge in [0.05, 0.1) is 0 Å². The van der Waals surface area contributed by atoms with Crippen LogP contribution in [0.2, 0.25) is 5.02 Å². The highest BCUT2D eigenvalue weighted by molar-refractivity contribution is 6.30. The fourth-order valence-electron chi connectivity index (χ4n) is 1.17. The lowest BCUT2D eigenvalue weighted by Crippen LogP contribution is -2.32. The van der Waals surface area contributed by atoms with Gasteiger partial charge in [0.1, 0.15) is 0 Å². The van der Waals surface area contributed by atoms with Crippen molar-refractivity contribution in [2.45, 2.75) is 5.79 Å². The van der Waals surface area contributed by atoms with E-state index in [1.165, 1.54) is 14.2 Å². The zero-order chi connectivity index (χ0) is 10.6. The molecule has 0 fully saturated rings. The van der Waals surface area contributed by atoms with Gasteiger partial charge in [-0.2, -0.15) is 0 Å². The molecule has 0 aliphatic carbocycles. The summed E-state index contributed by atoms with van der Waals surface area (Å²) in [5.41, 5.74) is 0.613. The average molecular weight is 215 g/mol. The lowest BCUT2D eigenvalue weighted by atomic mass is 10.1. The van der Waals surface area contributed by atoms with Crippen molar-refractivity contribution in [3.05, 3.63) is 34.9 Å². The molecule has 0 saturated heterocycles. The second kappa shape index (κ2) is 4.55. The molecule has 1 rings (SSSR count). The van der Waals surface area contributed by atoms with Crippen molar-refractivity contribution in [1.29, 1.82) is 0 Å².